The van der Waals surface area contributed by atoms with Gasteiger partial charge in [-0.2, -0.15) is 4.37 Å². The second-order valence-corrected chi connectivity index (χ2v) is 10.2. The maximum absolute atomic E-state index is 12.8. The van der Waals surface area contributed by atoms with Crippen molar-refractivity contribution in [3.63, 3.8) is 0 Å². The molecule has 0 unspecified atom stereocenters. The highest BCUT2D eigenvalue weighted by molar-refractivity contribution is 7.13. The predicted molar refractivity (Wildman–Crippen MR) is 152 cm³/mol. The van der Waals surface area contributed by atoms with Gasteiger partial charge in [-0.15, -0.1) is 0 Å². The molecule has 3 N–H and O–H groups in total. The van der Waals surface area contributed by atoms with E-state index in [4.69, 9.17) is 4.74 Å². The average molecular weight is 540 g/mol. The molecule has 1 fully saturated rings. The number of aromatic hydroxyl groups is 1. The second-order valence-electron chi connectivity index (χ2n) is 9.36. The molecule has 10 heteroatoms. The third-order valence-corrected chi connectivity index (χ3v) is 7.46. The fraction of sp³-hybridized carbons (Fsp3) is 0.464. The number of nitrogens with zero attached hydrogens (tertiary/aromatic N) is 3. The minimum atomic E-state index is -0.229. The maximum atomic E-state index is 12.8. The van der Waals surface area contributed by atoms with Crippen LogP contribution in [0.3, 0.4) is 0 Å². The number of amides is 1. The molecule has 0 bridgehead atoms. The Morgan fingerprint density at radius 3 is 2.68 bits per heavy atom. The van der Waals surface area contributed by atoms with E-state index in [1.165, 1.54) is 16.2 Å². The molecule has 204 valence electrons. The first-order valence-corrected chi connectivity index (χ1v) is 14.1. The number of carbonyl (C=O) groups excluding carboxylic acids is 2. The molecule has 2 aromatic carbocycles. The number of hydrogen-bond donors (Lipinski definition) is 3. The topological polar surface area (TPSA) is 107 Å². The summed E-state index contributed by atoms with van der Waals surface area (Å²) in [6.45, 7) is 8.20. The van der Waals surface area contributed by atoms with Gasteiger partial charge in [0, 0.05) is 56.8 Å². The molecule has 4 rings (SSSR count). The number of carbonyl (C=O) groups is 2. The number of esters is 1. The monoisotopic (exact) mass is 539 g/mol. The number of piperazine rings is 1. The Labute approximate surface area is 227 Å². The number of phenols is 1. The zero-order chi connectivity index (χ0) is 26.7. The van der Waals surface area contributed by atoms with Crippen molar-refractivity contribution in [3.8, 4) is 5.75 Å². The lowest BCUT2D eigenvalue weighted by Crippen LogP contribution is -2.46. The van der Waals surface area contributed by atoms with Crippen molar-refractivity contribution < 1.29 is 19.4 Å². The summed E-state index contributed by atoms with van der Waals surface area (Å²) in [6.07, 6.45) is 2.79. The zero-order valence-corrected chi connectivity index (χ0v) is 22.8. The van der Waals surface area contributed by atoms with Crippen molar-refractivity contribution in [2.24, 2.45) is 0 Å². The number of hydrogen-bond acceptors (Lipinski definition) is 9. The van der Waals surface area contributed by atoms with Crippen LogP contribution in [0.25, 0.3) is 10.1 Å². The maximum Gasteiger partial charge on any atom is 0.305 e. The summed E-state index contributed by atoms with van der Waals surface area (Å²) in [4.78, 5) is 29.1. The van der Waals surface area contributed by atoms with Gasteiger partial charge >= 0.3 is 5.97 Å². The summed E-state index contributed by atoms with van der Waals surface area (Å²) < 4.78 is 10.9. The third kappa shape index (κ3) is 7.58. The molecule has 1 aliphatic heterocycles. The van der Waals surface area contributed by atoms with Crippen LogP contribution in [0.15, 0.2) is 42.5 Å². The second kappa shape index (κ2) is 14.0. The van der Waals surface area contributed by atoms with Crippen LogP contribution in [-0.2, 0) is 9.53 Å². The summed E-state index contributed by atoms with van der Waals surface area (Å²) in [5.74, 6) is 0.690. The van der Waals surface area contributed by atoms with Crippen LogP contribution >= 0.6 is 11.5 Å². The molecule has 1 saturated heterocycles. The van der Waals surface area contributed by atoms with Crippen molar-refractivity contribution >= 4 is 45.0 Å². The molecule has 2 heterocycles. The van der Waals surface area contributed by atoms with Gasteiger partial charge in [-0.05, 0) is 74.6 Å². The lowest BCUT2D eigenvalue weighted by molar-refractivity contribution is -0.143. The first-order valence-electron chi connectivity index (χ1n) is 13.4. The summed E-state index contributed by atoms with van der Waals surface area (Å²) in [7, 11) is 0. The Bertz CT molecular complexity index is 1210. The molecule has 1 aromatic heterocycles. The largest absolute Gasteiger partial charge is 0.508 e. The van der Waals surface area contributed by atoms with E-state index >= 15 is 0 Å². The van der Waals surface area contributed by atoms with Crippen LogP contribution in [0.1, 0.15) is 43.0 Å². The standard InChI is InChI=1S/C28H37N5O4S/c1-2-37-26(35)10-7-14-29-24-12-11-21(34)20-23(24)28(36)30-13-5-6-15-32-16-18-33(19-17-32)27-22-8-3-4-9-25(22)38-31-27/h3-4,8-9,11-12,20,29,34H,2,5-7,10,13-19H2,1H3,(H,30,36). The number of fused-ring (bicyclic) bond motifs is 1. The van der Waals surface area contributed by atoms with Gasteiger partial charge in [0.2, 0.25) is 0 Å². The predicted octanol–water partition coefficient (Wildman–Crippen LogP) is 4.09. The van der Waals surface area contributed by atoms with Crippen molar-refractivity contribution in [2.75, 3.05) is 62.6 Å². The number of benzene rings is 2. The van der Waals surface area contributed by atoms with Gasteiger partial charge in [-0.3, -0.25) is 14.5 Å². The van der Waals surface area contributed by atoms with Gasteiger partial charge in [-0.25, -0.2) is 0 Å². The molecular weight excluding hydrogens is 502 g/mol. The van der Waals surface area contributed by atoms with E-state index in [-0.39, 0.29) is 17.6 Å². The fourth-order valence-corrected chi connectivity index (χ4v) is 5.40. The van der Waals surface area contributed by atoms with Crippen molar-refractivity contribution in [3.05, 3.63) is 48.0 Å². The zero-order valence-electron chi connectivity index (χ0n) is 21.9. The van der Waals surface area contributed by atoms with Crippen LogP contribution in [0.5, 0.6) is 5.75 Å². The van der Waals surface area contributed by atoms with Crippen molar-refractivity contribution in [1.29, 1.82) is 0 Å². The number of rotatable bonds is 13. The average Bonchev–Trinajstić information content (AvgIpc) is 3.36. The van der Waals surface area contributed by atoms with Crippen molar-refractivity contribution in [1.82, 2.24) is 14.6 Å². The molecule has 0 aliphatic carbocycles. The lowest BCUT2D eigenvalue weighted by atomic mass is 10.1. The van der Waals surface area contributed by atoms with Crippen LogP contribution in [0.2, 0.25) is 0 Å². The summed E-state index contributed by atoms with van der Waals surface area (Å²) in [5, 5.41) is 17.3. The normalized spacial score (nSPS) is 14.0. The number of anilines is 2. The number of phenolic OH excluding ortho intramolecular Hbond substituents is 1. The molecule has 0 atom stereocenters. The number of unbranched alkanes of at least 4 members (excludes halogenated alkanes) is 1. The third-order valence-electron chi connectivity index (χ3n) is 6.64. The Morgan fingerprint density at radius 1 is 1.05 bits per heavy atom. The summed E-state index contributed by atoms with van der Waals surface area (Å²) >= 11 is 1.56. The molecule has 0 saturated carbocycles. The first-order chi connectivity index (χ1) is 18.5. The highest BCUT2D eigenvalue weighted by Gasteiger charge is 2.20. The van der Waals surface area contributed by atoms with E-state index in [9.17, 15) is 14.7 Å². The van der Waals surface area contributed by atoms with Crippen LogP contribution in [0.4, 0.5) is 11.5 Å². The summed E-state index contributed by atoms with van der Waals surface area (Å²) in [6, 6.07) is 13.1. The van der Waals surface area contributed by atoms with Gasteiger partial charge in [0.15, 0.2) is 0 Å². The van der Waals surface area contributed by atoms with Crippen LogP contribution < -0.4 is 15.5 Å². The van der Waals surface area contributed by atoms with Gasteiger partial charge in [0.05, 0.1) is 16.9 Å². The smallest absolute Gasteiger partial charge is 0.305 e. The lowest BCUT2D eigenvalue weighted by Gasteiger charge is -2.35. The minimum Gasteiger partial charge on any atom is -0.508 e. The fourth-order valence-electron chi connectivity index (χ4n) is 4.60. The minimum absolute atomic E-state index is 0.0389. The van der Waals surface area contributed by atoms with E-state index in [1.54, 1.807) is 30.6 Å². The number of aromatic nitrogens is 1. The van der Waals surface area contributed by atoms with E-state index in [0.29, 0.717) is 43.8 Å². The van der Waals surface area contributed by atoms with E-state index in [0.717, 1.165) is 51.4 Å². The molecule has 0 radical (unpaired) electrons. The van der Waals surface area contributed by atoms with E-state index < -0.39 is 0 Å². The quantitative estimate of drug-likeness (QED) is 0.169. The summed E-state index contributed by atoms with van der Waals surface area (Å²) in [5.41, 5.74) is 1.03. The number of nitrogens with one attached hydrogen (secondary N) is 2. The van der Waals surface area contributed by atoms with Gasteiger partial charge in [0.25, 0.3) is 5.91 Å². The van der Waals surface area contributed by atoms with E-state index in [2.05, 4.69) is 49.1 Å². The Balaban J connectivity index is 1.15. The molecular formula is C28H37N5O4S. The highest BCUT2D eigenvalue weighted by Crippen LogP contribution is 2.29. The Kier molecular flexibility index (Phi) is 10.2. The Morgan fingerprint density at radius 2 is 1.87 bits per heavy atom. The Hall–Kier alpha value is -3.37. The molecule has 9 nitrogen and oxygen atoms in total. The van der Waals surface area contributed by atoms with Gasteiger partial charge < -0.3 is 25.4 Å². The van der Waals surface area contributed by atoms with Crippen molar-refractivity contribution in [2.45, 2.75) is 32.6 Å². The molecule has 1 amide bonds. The SMILES string of the molecule is CCOC(=O)CCCNc1ccc(O)cc1C(=O)NCCCCN1CCN(c2nsc3ccccc23)CC1. The van der Waals surface area contributed by atoms with E-state index in [1.807, 2.05) is 0 Å². The van der Waals surface area contributed by atoms with Gasteiger partial charge in [0.1, 0.15) is 11.6 Å². The van der Waals surface area contributed by atoms with Crippen LogP contribution in [-0.4, -0.2) is 78.7 Å². The number of ether oxygens (including phenoxy) is 1. The first kappa shape index (κ1) is 27.7. The van der Waals surface area contributed by atoms with Gasteiger partial charge in [-0.1, -0.05) is 12.1 Å². The molecule has 1 aliphatic rings. The highest BCUT2D eigenvalue weighted by atomic mass is 32.1. The molecule has 3 aromatic rings. The molecule has 0 spiro atoms. The molecule has 38 heavy (non-hydrogen) atoms. The van der Waals surface area contributed by atoms with Crippen LogP contribution in [0, 0.1) is 0 Å².